The Kier molecular flexibility index (Phi) is 4.60. The van der Waals surface area contributed by atoms with Crippen molar-refractivity contribution in [3.8, 4) is 0 Å². The Morgan fingerprint density at radius 1 is 1.55 bits per heavy atom. The van der Waals surface area contributed by atoms with Gasteiger partial charge in [0.1, 0.15) is 5.56 Å². The number of nitro benzene ring substituents is 1. The summed E-state index contributed by atoms with van der Waals surface area (Å²) in [6, 6.07) is 4.11. The molecule has 0 spiro atoms. The average molecular weight is 297 g/mol. The second-order valence-electron chi connectivity index (χ2n) is 5.09. The molecule has 1 aliphatic rings. The topological polar surface area (TPSA) is 63.5 Å². The van der Waals surface area contributed by atoms with E-state index in [0.717, 1.165) is 19.3 Å². The number of piperidine rings is 1. The molecule has 1 amide bonds. The van der Waals surface area contributed by atoms with Gasteiger partial charge in [0.15, 0.2) is 0 Å². The number of likely N-dealkylation sites (tertiary alicyclic amines) is 1. The lowest BCUT2D eigenvalue weighted by Crippen LogP contribution is -2.40. The van der Waals surface area contributed by atoms with Crippen LogP contribution in [0.4, 0.5) is 5.69 Å². The minimum atomic E-state index is -0.537. The highest BCUT2D eigenvalue weighted by atomic mass is 35.5. The Balaban J connectivity index is 2.28. The zero-order valence-corrected chi connectivity index (χ0v) is 12.1. The minimum absolute atomic E-state index is 0.0826. The van der Waals surface area contributed by atoms with E-state index in [1.165, 1.54) is 18.2 Å². The molecule has 0 aliphatic carbocycles. The van der Waals surface area contributed by atoms with Gasteiger partial charge in [-0.15, -0.1) is 0 Å². The Hall–Kier alpha value is -1.62. The van der Waals surface area contributed by atoms with Gasteiger partial charge in [-0.05, 0) is 30.9 Å². The number of nitro groups is 1. The van der Waals surface area contributed by atoms with Crippen LogP contribution in [0.25, 0.3) is 0 Å². The molecule has 0 bridgehead atoms. The molecule has 0 aromatic heterocycles. The predicted molar refractivity (Wildman–Crippen MR) is 77.0 cm³/mol. The van der Waals surface area contributed by atoms with E-state index in [1.807, 2.05) is 0 Å². The van der Waals surface area contributed by atoms with E-state index in [4.69, 9.17) is 11.6 Å². The summed E-state index contributed by atoms with van der Waals surface area (Å²) in [6.45, 7) is 3.42. The number of benzene rings is 1. The first kappa shape index (κ1) is 14.8. The molecule has 108 valence electrons. The largest absolute Gasteiger partial charge is 0.338 e. The molecule has 20 heavy (non-hydrogen) atoms. The van der Waals surface area contributed by atoms with Crippen molar-refractivity contribution < 1.29 is 9.72 Å². The smallest absolute Gasteiger partial charge is 0.282 e. The molecule has 1 unspecified atom stereocenters. The molecule has 5 nitrogen and oxygen atoms in total. The maximum atomic E-state index is 12.5. The van der Waals surface area contributed by atoms with Crippen molar-refractivity contribution in [3.05, 3.63) is 38.9 Å². The molecule has 0 saturated carbocycles. The summed E-state index contributed by atoms with van der Waals surface area (Å²) in [5.41, 5.74) is -0.0997. The highest BCUT2D eigenvalue weighted by molar-refractivity contribution is 6.31. The fourth-order valence-corrected chi connectivity index (χ4v) is 2.76. The number of carbonyl (C=O) groups excluding carboxylic acids is 1. The van der Waals surface area contributed by atoms with Crippen molar-refractivity contribution in [1.82, 2.24) is 4.90 Å². The van der Waals surface area contributed by atoms with E-state index in [-0.39, 0.29) is 17.2 Å². The highest BCUT2D eigenvalue weighted by Crippen LogP contribution is 2.27. The van der Waals surface area contributed by atoms with E-state index in [2.05, 4.69) is 6.92 Å². The van der Waals surface area contributed by atoms with Crippen LogP contribution in [0.15, 0.2) is 18.2 Å². The molecule has 1 fully saturated rings. The zero-order chi connectivity index (χ0) is 14.7. The number of nitrogens with zero attached hydrogens (tertiary/aromatic N) is 2. The van der Waals surface area contributed by atoms with E-state index >= 15 is 0 Å². The molecule has 1 atom stereocenters. The van der Waals surface area contributed by atoms with Gasteiger partial charge in [0.25, 0.3) is 11.6 Å². The number of halogens is 1. The lowest BCUT2D eigenvalue weighted by Gasteiger charge is -2.32. The summed E-state index contributed by atoms with van der Waals surface area (Å²) in [5.74, 6) is 0.184. The second-order valence-corrected chi connectivity index (χ2v) is 5.52. The van der Waals surface area contributed by atoms with Crippen LogP contribution in [0, 0.1) is 16.0 Å². The Labute approximate surface area is 122 Å². The monoisotopic (exact) mass is 296 g/mol. The minimum Gasteiger partial charge on any atom is -0.338 e. The van der Waals surface area contributed by atoms with Crippen LogP contribution in [0.1, 0.15) is 36.5 Å². The molecule has 1 aliphatic heterocycles. The van der Waals surface area contributed by atoms with Crippen molar-refractivity contribution in [2.75, 3.05) is 13.1 Å². The van der Waals surface area contributed by atoms with E-state index in [1.54, 1.807) is 4.90 Å². The van der Waals surface area contributed by atoms with Crippen LogP contribution in [-0.2, 0) is 0 Å². The summed E-state index contributed by atoms with van der Waals surface area (Å²) < 4.78 is 0. The molecule has 1 saturated heterocycles. The van der Waals surface area contributed by atoms with Crippen molar-refractivity contribution in [3.63, 3.8) is 0 Å². The van der Waals surface area contributed by atoms with Crippen molar-refractivity contribution >= 4 is 23.2 Å². The molecular formula is C14H17ClN2O3. The first-order chi connectivity index (χ1) is 9.52. The number of rotatable bonds is 3. The lowest BCUT2D eigenvalue weighted by atomic mass is 9.95. The predicted octanol–water partition coefficient (Wildman–Crippen LogP) is 3.51. The van der Waals surface area contributed by atoms with Gasteiger partial charge < -0.3 is 4.90 Å². The number of carbonyl (C=O) groups is 1. The van der Waals surface area contributed by atoms with Gasteiger partial charge >= 0.3 is 0 Å². The van der Waals surface area contributed by atoms with Crippen LogP contribution in [0.5, 0.6) is 0 Å². The van der Waals surface area contributed by atoms with Crippen LogP contribution in [0.2, 0.25) is 5.02 Å². The molecule has 0 N–H and O–H groups in total. The van der Waals surface area contributed by atoms with E-state index in [9.17, 15) is 14.9 Å². The first-order valence-electron chi connectivity index (χ1n) is 6.76. The van der Waals surface area contributed by atoms with Gasteiger partial charge in [0.2, 0.25) is 0 Å². The molecule has 6 heteroatoms. The average Bonchev–Trinajstić information content (AvgIpc) is 2.46. The van der Waals surface area contributed by atoms with Gasteiger partial charge in [-0.1, -0.05) is 24.9 Å². The fraction of sp³-hybridized carbons (Fsp3) is 0.500. The van der Waals surface area contributed by atoms with Gasteiger partial charge in [0.05, 0.1) is 4.92 Å². The standard InChI is InChI=1S/C14H17ClN2O3/c1-2-10-4-3-7-16(9-10)14(18)12-8-11(15)5-6-13(12)17(19)20/h5-6,8,10H,2-4,7,9H2,1H3. The van der Waals surface area contributed by atoms with Gasteiger partial charge in [0, 0.05) is 24.2 Å². The lowest BCUT2D eigenvalue weighted by molar-refractivity contribution is -0.385. The second kappa shape index (κ2) is 6.22. The molecule has 1 aromatic carbocycles. The SMILES string of the molecule is CCC1CCCN(C(=O)c2cc(Cl)ccc2[N+](=O)[O-])C1. The quantitative estimate of drug-likeness (QED) is 0.633. The Morgan fingerprint density at radius 2 is 2.30 bits per heavy atom. The highest BCUT2D eigenvalue weighted by Gasteiger charge is 2.28. The molecule has 1 aromatic rings. The van der Waals surface area contributed by atoms with Crippen molar-refractivity contribution in [1.29, 1.82) is 0 Å². The number of hydrogen-bond donors (Lipinski definition) is 0. The maximum Gasteiger partial charge on any atom is 0.282 e. The summed E-state index contributed by atoms with van der Waals surface area (Å²) in [5, 5.41) is 11.4. The third-order valence-corrected chi connectivity index (χ3v) is 4.00. The fourth-order valence-electron chi connectivity index (χ4n) is 2.59. The van der Waals surface area contributed by atoms with Crippen LogP contribution in [0.3, 0.4) is 0 Å². The van der Waals surface area contributed by atoms with Crippen molar-refractivity contribution in [2.24, 2.45) is 5.92 Å². The summed E-state index contributed by atoms with van der Waals surface area (Å²) >= 11 is 5.87. The van der Waals surface area contributed by atoms with E-state index < -0.39 is 4.92 Å². The third kappa shape index (κ3) is 3.10. The number of hydrogen-bond acceptors (Lipinski definition) is 3. The first-order valence-corrected chi connectivity index (χ1v) is 7.14. The van der Waals surface area contributed by atoms with E-state index in [0.29, 0.717) is 24.0 Å². The van der Waals surface area contributed by atoms with Crippen LogP contribution >= 0.6 is 11.6 Å². The zero-order valence-electron chi connectivity index (χ0n) is 11.3. The van der Waals surface area contributed by atoms with Crippen molar-refractivity contribution in [2.45, 2.75) is 26.2 Å². The van der Waals surface area contributed by atoms with Gasteiger partial charge in [-0.2, -0.15) is 0 Å². The normalized spacial score (nSPS) is 18.9. The Bertz CT molecular complexity index is 533. The summed E-state index contributed by atoms with van der Waals surface area (Å²) in [7, 11) is 0. The summed E-state index contributed by atoms with van der Waals surface area (Å²) in [4.78, 5) is 24.7. The van der Waals surface area contributed by atoms with Crippen LogP contribution < -0.4 is 0 Å². The molecule has 2 rings (SSSR count). The van der Waals surface area contributed by atoms with Gasteiger partial charge in [-0.25, -0.2) is 0 Å². The van der Waals surface area contributed by atoms with Crippen LogP contribution in [-0.4, -0.2) is 28.8 Å². The summed E-state index contributed by atoms with van der Waals surface area (Å²) in [6.07, 6.45) is 3.07. The van der Waals surface area contributed by atoms with Gasteiger partial charge in [-0.3, -0.25) is 14.9 Å². The maximum absolute atomic E-state index is 12.5. The third-order valence-electron chi connectivity index (χ3n) is 3.77. The molecular weight excluding hydrogens is 280 g/mol. The Morgan fingerprint density at radius 3 is 2.95 bits per heavy atom. The molecule has 1 heterocycles. The molecule has 0 radical (unpaired) electrons. The number of amides is 1.